The Morgan fingerprint density at radius 2 is 1.18 bits per heavy atom. The lowest BCUT2D eigenvalue weighted by Gasteiger charge is -2.19. The molecule has 0 bridgehead atoms. The summed E-state index contributed by atoms with van der Waals surface area (Å²) >= 11 is 27.8. The first-order valence-electron chi connectivity index (χ1n) is 17.0. The van der Waals surface area contributed by atoms with Crippen molar-refractivity contribution in [1.82, 2.24) is 5.32 Å². The van der Waals surface area contributed by atoms with Crippen LogP contribution in [-0.4, -0.2) is 61.6 Å². The molecular formula is C35H39Cl5N6O8S2. The molecule has 0 atom stereocenters. The Morgan fingerprint density at radius 1 is 0.768 bits per heavy atom. The van der Waals surface area contributed by atoms with E-state index in [-0.39, 0.29) is 81.2 Å². The molecule has 14 nitrogen and oxygen atoms in total. The van der Waals surface area contributed by atoms with Crippen LogP contribution in [0.5, 0.6) is 11.5 Å². The maximum Gasteiger partial charge on any atom is 0.407 e. The lowest BCUT2D eigenvalue weighted by atomic mass is 10.1. The van der Waals surface area contributed by atoms with E-state index in [1.54, 1.807) is 26.8 Å². The molecule has 5 amide bonds. The molecule has 0 aliphatic heterocycles. The van der Waals surface area contributed by atoms with Gasteiger partial charge in [0.2, 0.25) is 11.8 Å². The van der Waals surface area contributed by atoms with Crippen LogP contribution in [0.4, 0.5) is 14.8 Å². The molecule has 0 spiro atoms. The summed E-state index contributed by atoms with van der Waals surface area (Å²) in [5.41, 5.74) is 14.5. The van der Waals surface area contributed by atoms with Crippen molar-refractivity contribution in [3.8, 4) is 11.5 Å². The van der Waals surface area contributed by atoms with E-state index in [4.69, 9.17) is 72.1 Å². The zero-order chi connectivity index (χ0) is 40.4. The number of carbonyl (C=O) groups excluding carboxylic acids is 5. The van der Waals surface area contributed by atoms with Crippen molar-refractivity contribution in [1.29, 1.82) is 0 Å². The standard InChI is InChI=1S/C20H23Cl2N3O5S.C15H15Cl2N3O3S.ClH/c1-20(2,3)30-19(28)24-6-7-29-14-11(21)8-10-12(16(23)26)18(31-15(10)13(14)22)25-17(27)9-4-5-9;16-8-5-7-9(13(19)21)15(20-14(22)6-1-2-6)24-12(7)10(17)11(8)23-4-3-18;/h8-9H,4-7H2,1-3H3,(H2,23,26)(H,24,28)(H,25,27);5-6H,1-4,18H2,(H2,19,21)(H,20,22);1H. The van der Waals surface area contributed by atoms with Gasteiger partial charge in [0, 0.05) is 22.6 Å². The summed E-state index contributed by atoms with van der Waals surface area (Å²) in [6, 6.07) is 3.12. The quantitative estimate of drug-likeness (QED) is 0.108. The molecule has 10 N–H and O–H groups in total. The van der Waals surface area contributed by atoms with Crippen LogP contribution < -0.4 is 55.0 Å². The van der Waals surface area contributed by atoms with Gasteiger partial charge in [-0.15, -0.1) is 22.7 Å². The summed E-state index contributed by atoms with van der Waals surface area (Å²) in [6.45, 7) is 6.47. The van der Waals surface area contributed by atoms with Crippen LogP contribution in [0.2, 0.25) is 20.1 Å². The van der Waals surface area contributed by atoms with Gasteiger partial charge in [-0.1, -0.05) is 46.4 Å². The third-order valence-corrected chi connectivity index (χ3v) is 11.7. The molecule has 6 rings (SSSR count). The summed E-state index contributed by atoms with van der Waals surface area (Å²) in [6.07, 6.45) is 2.80. The molecule has 4 aromatic rings. The van der Waals surface area contributed by atoms with Crippen molar-refractivity contribution in [3.63, 3.8) is 0 Å². The molecule has 2 heterocycles. The number of nitrogens with one attached hydrogen (secondary N) is 3. The van der Waals surface area contributed by atoms with Gasteiger partial charge in [-0.2, -0.15) is 0 Å². The normalized spacial score (nSPS) is 13.6. The summed E-state index contributed by atoms with van der Waals surface area (Å²) in [5, 5.41) is 10.7. The Balaban J connectivity index is 0.000000252. The average Bonchev–Trinajstić information content (AvgIpc) is 4.02. The molecule has 2 fully saturated rings. The second-order valence-electron chi connectivity index (χ2n) is 13.6. The molecular weight excluding hydrogens is 874 g/mol. The van der Waals surface area contributed by atoms with E-state index in [1.807, 2.05) is 0 Å². The van der Waals surface area contributed by atoms with E-state index < -0.39 is 23.5 Å². The molecule has 21 heteroatoms. The van der Waals surface area contributed by atoms with Crippen molar-refractivity contribution in [2.75, 3.05) is 36.9 Å². The van der Waals surface area contributed by atoms with Gasteiger partial charge in [-0.3, -0.25) is 19.2 Å². The number of alkyl carbamates (subject to hydrolysis) is 1. The van der Waals surface area contributed by atoms with E-state index in [2.05, 4.69) is 21.7 Å². The lowest BCUT2D eigenvalue weighted by molar-refractivity contribution is -0.370. The number of halogens is 5. The first-order valence-corrected chi connectivity index (χ1v) is 20.2. The Hall–Kier alpha value is -3.48. The second kappa shape index (κ2) is 18.9. The summed E-state index contributed by atoms with van der Waals surface area (Å²) < 4.78 is 17.5. The maximum atomic E-state index is 12.2. The first-order chi connectivity index (χ1) is 25.9. The summed E-state index contributed by atoms with van der Waals surface area (Å²) in [7, 11) is 0. The number of benzene rings is 2. The Bertz CT molecular complexity index is 2180. The number of anilines is 2. The van der Waals surface area contributed by atoms with Crippen molar-refractivity contribution in [3.05, 3.63) is 43.4 Å². The van der Waals surface area contributed by atoms with E-state index in [9.17, 15) is 24.0 Å². The van der Waals surface area contributed by atoms with Crippen LogP contribution in [0.25, 0.3) is 20.2 Å². The average molecular weight is 913 g/mol. The molecule has 2 aliphatic rings. The Kier molecular flexibility index (Phi) is 15.2. The van der Waals surface area contributed by atoms with E-state index in [0.717, 1.165) is 37.0 Å². The number of carbonyl (C=O) groups is 5. The topological polar surface area (TPSA) is 229 Å². The number of ether oxygens (including phenoxy) is 3. The van der Waals surface area contributed by atoms with Gasteiger partial charge in [0.1, 0.15) is 45.4 Å². The predicted octanol–water partition coefficient (Wildman–Crippen LogP) is 3.84. The van der Waals surface area contributed by atoms with Crippen molar-refractivity contribution in [2.24, 2.45) is 23.3 Å². The molecule has 0 unspecified atom stereocenters. The molecule has 56 heavy (non-hydrogen) atoms. The van der Waals surface area contributed by atoms with E-state index >= 15 is 0 Å². The second-order valence-corrected chi connectivity index (χ2v) is 17.2. The molecule has 2 aliphatic carbocycles. The van der Waals surface area contributed by atoms with Crippen LogP contribution in [-0.2, 0) is 14.3 Å². The highest BCUT2D eigenvalue weighted by atomic mass is 35.5. The monoisotopic (exact) mass is 910 g/mol. The van der Waals surface area contributed by atoms with Gasteiger partial charge in [0.05, 0.1) is 37.1 Å². The van der Waals surface area contributed by atoms with Gasteiger partial charge in [0.15, 0.2) is 11.5 Å². The number of hydrogen-bond acceptors (Lipinski definition) is 10. The van der Waals surface area contributed by atoms with Gasteiger partial charge in [-0.25, -0.2) is 4.79 Å². The largest absolute Gasteiger partial charge is 1.00 e. The van der Waals surface area contributed by atoms with Crippen LogP contribution in [0.15, 0.2) is 12.1 Å². The molecule has 2 aromatic carbocycles. The molecule has 2 saturated carbocycles. The predicted molar refractivity (Wildman–Crippen MR) is 216 cm³/mol. The molecule has 2 aromatic heterocycles. The van der Waals surface area contributed by atoms with Crippen LogP contribution in [0.1, 0.15) is 67.2 Å². The van der Waals surface area contributed by atoms with Crippen molar-refractivity contribution >= 4 is 129 Å². The maximum absolute atomic E-state index is 12.2. The Labute approximate surface area is 355 Å². The van der Waals surface area contributed by atoms with Crippen LogP contribution >= 0.6 is 69.1 Å². The van der Waals surface area contributed by atoms with Crippen molar-refractivity contribution in [2.45, 2.75) is 52.1 Å². The third kappa shape index (κ3) is 10.9. The third-order valence-electron chi connectivity index (χ3n) is 7.93. The number of quaternary nitrogens is 1. The van der Waals surface area contributed by atoms with Crippen molar-refractivity contribution < 1.29 is 56.3 Å². The molecule has 0 saturated heterocycles. The number of primary amides is 2. The molecule has 304 valence electrons. The zero-order valence-electron chi connectivity index (χ0n) is 30.3. The Morgan fingerprint density at radius 3 is 1.54 bits per heavy atom. The van der Waals surface area contributed by atoms with E-state index in [1.165, 1.54) is 17.4 Å². The minimum Gasteiger partial charge on any atom is -1.00 e. The molecule has 0 radical (unpaired) electrons. The summed E-state index contributed by atoms with van der Waals surface area (Å²) in [4.78, 5) is 59.9. The van der Waals surface area contributed by atoms with Gasteiger partial charge in [0.25, 0.3) is 11.8 Å². The number of fused-ring (bicyclic) bond motifs is 2. The fraction of sp³-hybridized carbons (Fsp3) is 0.400. The smallest absolute Gasteiger partial charge is 0.407 e. The first kappa shape index (κ1) is 45.2. The zero-order valence-corrected chi connectivity index (χ0v) is 35.7. The van der Waals surface area contributed by atoms with Gasteiger partial charge in [-0.05, 0) is 58.6 Å². The SMILES string of the molecule is CC(C)(C)OC(=O)NCCOc1c(Cl)cc2c(C(N)=O)c(NC(=O)C3CC3)sc2c1Cl.NC(=O)c1c(NC(=O)C2CC2)sc2c(Cl)c(OCC[NH3+])c(Cl)cc12.[Cl-]. The van der Waals surface area contributed by atoms with Gasteiger partial charge < -0.3 is 59.8 Å². The highest BCUT2D eigenvalue weighted by Crippen LogP contribution is 2.48. The lowest BCUT2D eigenvalue weighted by Crippen LogP contribution is -3.00. The number of hydrogen-bond donors (Lipinski definition) is 6. The fourth-order valence-corrected chi connectivity index (χ4v) is 8.74. The highest BCUT2D eigenvalue weighted by molar-refractivity contribution is 7.24. The van der Waals surface area contributed by atoms with Gasteiger partial charge >= 0.3 is 6.09 Å². The van der Waals surface area contributed by atoms with Crippen LogP contribution in [0, 0.1) is 11.8 Å². The number of amides is 5. The van der Waals surface area contributed by atoms with Crippen LogP contribution in [0.3, 0.4) is 0 Å². The van der Waals surface area contributed by atoms with E-state index in [0.29, 0.717) is 54.1 Å². The fourth-order valence-electron chi connectivity index (χ4n) is 5.13. The minimum absolute atomic E-state index is 0. The minimum atomic E-state index is -0.695. The number of thiophene rings is 2. The number of rotatable bonds is 13. The highest BCUT2D eigenvalue weighted by Gasteiger charge is 2.33. The summed E-state index contributed by atoms with van der Waals surface area (Å²) in [5.74, 6) is -1.09. The number of nitrogens with two attached hydrogens (primary N) is 2.